The lowest BCUT2D eigenvalue weighted by atomic mass is 10.0. The van der Waals surface area contributed by atoms with Crippen LogP contribution in [0.3, 0.4) is 0 Å². The summed E-state index contributed by atoms with van der Waals surface area (Å²) in [6.07, 6.45) is 28.5. The highest BCUT2D eigenvalue weighted by molar-refractivity contribution is 5.70. The monoisotopic (exact) mass is 581 g/mol. The lowest BCUT2D eigenvalue weighted by molar-refractivity contribution is -0.886. The molecular formula is C34H63NO6. The third kappa shape index (κ3) is 21.5. The maximum atomic E-state index is 11.6. The molecule has 0 heterocycles. The molecule has 0 aromatic rings. The molecule has 0 radical (unpaired) electrons. The van der Waals surface area contributed by atoms with Crippen LogP contribution in [0.1, 0.15) is 150 Å². The first kappa shape index (κ1) is 39.1. The van der Waals surface area contributed by atoms with Crippen LogP contribution in [0.4, 0.5) is 0 Å². The van der Waals surface area contributed by atoms with E-state index < -0.39 is 35.7 Å². The maximum Gasteiger partial charge on any atom is 0.311 e. The number of carboxylic acids is 3. The van der Waals surface area contributed by atoms with Crippen LogP contribution in [0.5, 0.6) is 0 Å². The van der Waals surface area contributed by atoms with E-state index in [1.807, 2.05) is 12.3 Å². The van der Waals surface area contributed by atoms with Gasteiger partial charge in [0.05, 0.1) is 25.8 Å². The molecule has 2 N–H and O–H groups in total. The van der Waals surface area contributed by atoms with Crippen LogP contribution in [0, 0.1) is 17.8 Å². The van der Waals surface area contributed by atoms with Gasteiger partial charge in [-0.25, -0.2) is 0 Å². The molecule has 0 spiro atoms. The standard InChI is InChI=1S/C34H63NO6/c1-5-6-7-8-9-10-11-12-13-14-15-16-17-18-19-20-21-22-23-24-25-35(26-29(2)32(36)37,27-30(3)33(38)39)28-31(4)34(40)41/h24-25,29-31H,5-23,26-28H2,1-4H3,(H2-,36,37,38,39,40,41)/b25-24+. The summed E-state index contributed by atoms with van der Waals surface area (Å²) in [6.45, 7) is 7.34. The van der Waals surface area contributed by atoms with E-state index in [1.165, 1.54) is 110 Å². The minimum atomic E-state index is -1.21. The summed E-state index contributed by atoms with van der Waals surface area (Å²) in [5, 5.41) is 30.5. The molecule has 0 saturated carbocycles. The predicted molar refractivity (Wildman–Crippen MR) is 165 cm³/mol. The van der Waals surface area contributed by atoms with Gasteiger partial charge in [0.25, 0.3) is 0 Å². The number of rotatable bonds is 29. The van der Waals surface area contributed by atoms with Crippen molar-refractivity contribution < 1.29 is 34.2 Å². The van der Waals surface area contributed by atoms with Gasteiger partial charge in [0.15, 0.2) is 0 Å². The van der Waals surface area contributed by atoms with Gasteiger partial charge in [0.1, 0.15) is 11.8 Å². The van der Waals surface area contributed by atoms with E-state index >= 15 is 0 Å². The first-order chi connectivity index (χ1) is 19.5. The molecule has 0 aliphatic heterocycles. The Hall–Kier alpha value is -1.89. The van der Waals surface area contributed by atoms with Crippen LogP contribution >= 0.6 is 0 Å². The van der Waals surface area contributed by atoms with Crippen molar-refractivity contribution in [3.05, 3.63) is 12.3 Å². The molecule has 240 valence electrons. The Morgan fingerprint density at radius 1 is 0.585 bits per heavy atom. The molecule has 0 aliphatic rings. The van der Waals surface area contributed by atoms with Crippen LogP contribution in [-0.4, -0.2) is 52.2 Å². The molecular weight excluding hydrogens is 518 g/mol. The van der Waals surface area contributed by atoms with Crippen LogP contribution in [0.2, 0.25) is 0 Å². The number of allylic oxidation sites excluding steroid dienone is 1. The first-order valence-electron chi connectivity index (χ1n) is 16.7. The normalized spacial score (nSPS) is 15.4. The molecule has 0 rings (SSSR count). The molecule has 0 aromatic carbocycles. The van der Waals surface area contributed by atoms with Crippen molar-refractivity contribution in [2.45, 2.75) is 150 Å². The van der Waals surface area contributed by atoms with E-state index in [0.717, 1.165) is 19.3 Å². The van der Waals surface area contributed by atoms with Crippen molar-refractivity contribution in [1.29, 1.82) is 0 Å². The Bertz CT molecular complexity index is 667. The molecule has 3 atom stereocenters. The highest BCUT2D eigenvalue weighted by Crippen LogP contribution is 2.22. The largest absolute Gasteiger partial charge is 0.550 e. The van der Waals surface area contributed by atoms with Gasteiger partial charge in [-0.05, 0) is 32.8 Å². The Balaban J connectivity index is 4.31. The first-order valence-corrected chi connectivity index (χ1v) is 16.7. The Kier molecular flexibility index (Phi) is 23.5. The fourth-order valence-electron chi connectivity index (χ4n) is 5.74. The van der Waals surface area contributed by atoms with Gasteiger partial charge in [-0.1, -0.05) is 123 Å². The van der Waals surface area contributed by atoms with Gasteiger partial charge >= 0.3 is 11.9 Å². The third-order valence-electron chi connectivity index (χ3n) is 8.30. The molecule has 0 amide bonds. The summed E-state index contributed by atoms with van der Waals surface area (Å²) >= 11 is 0. The van der Waals surface area contributed by atoms with Crippen molar-refractivity contribution in [3.8, 4) is 0 Å². The van der Waals surface area contributed by atoms with Gasteiger partial charge < -0.3 is 20.1 Å². The van der Waals surface area contributed by atoms with Crippen molar-refractivity contribution >= 4 is 17.9 Å². The second-order valence-corrected chi connectivity index (χ2v) is 12.6. The summed E-state index contributed by atoms with van der Waals surface area (Å²) in [4.78, 5) is 34.7. The average molecular weight is 582 g/mol. The van der Waals surface area contributed by atoms with Crippen LogP contribution in [0.25, 0.3) is 0 Å². The summed E-state index contributed by atoms with van der Waals surface area (Å²) in [7, 11) is 0. The zero-order valence-corrected chi connectivity index (χ0v) is 26.9. The quantitative estimate of drug-likeness (QED) is 0.0695. The molecule has 41 heavy (non-hydrogen) atoms. The zero-order valence-electron chi connectivity index (χ0n) is 26.9. The van der Waals surface area contributed by atoms with Gasteiger partial charge in [-0.3, -0.25) is 14.1 Å². The van der Waals surface area contributed by atoms with Gasteiger partial charge in [0.2, 0.25) is 0 Å². The second-order valence-electron chi connectivity index (χ2n) is 12.6. The summed E-state index contributed by atoms with van der Waals surface area (Å²) in [6, 6.07) is 0. The van der Waals surface area contributed by atoms with E-state index in [9.17, 15) is 29.7 Å². The lowest BCUT2D eigenvalue weighted by Gasteiger charge is -2.39. The maximum absolute atomic E-state index is 11.6. The Labute approximate surface area is 251 Å². The fraction of sp³-hybridized carbons (Fsp3) is 0.853. The van der Waals surface area contributed by atoms with Crippen molar-refractivity contribution in [2.24, 2.45) is 17.8 Å². The summed E-state index contributed by atoms with van der Waals surface area (Å²) < 4.78 is 0.00905. The molecule has 0 bridgehead atoms. The summed E-state index contributed by atoms with van der Waals surface area (Å²) in [5.41, 5.74) is 0. The molecule has 7 nitrogen and oxygen atoms in total. The molecule has 0 fully saturated rings. The van der Waals surface area contributed by atoms with Crippen molar-refractivity contribution in [3.63, 3.8) is 0 Å². The highest BCUT2D eigenvalue weighted by Gasteiger charge is 2.35. The number of quaternary nitrogens is 1. The molecule has 0 aliphatic carbocycles. The predicted octanol–water partition coefficient (Wildman–Crippen LogP) is 7.58. The molecule has 3 unspecified atom stereocenters. The lowest BCUT2D eigenvalue weighted by Crippen LogP contribution is -2.54. The highest BCUT2D eigenvalue weighted by atomic mass is 16.4. The van der Waals surface area contributed by atoms with Gasteiger partial charge in [0, 0.05) is 11.9 Å². The number of unbranched alkanes of at least 4 members (excludes halogenated alkanes) is 18. The van der Waals surface area contributed by atoms with Gasteiger partial charge in [-0.2, -0.15) is 0 Å². The Morgan fingerprint density at radius 3 is 1.22 bits per heavy atom. The van der Waals surface area contributed by atoms with Crippen LogP contribution in [-0.2, 0) is 14.4 Å². The zero-order chi connectivity index (χ0) is 30.9. The molecule has 0 saturated heterocycles. The molecule has 7 heteroatoms. The van der Waals surface area contributed by atoms with E-state index in [1.54, 1.807) is 13.8 Å². The van der Waals surface area contributed by atoms with E-state index in [0.29, 0.717) is 0 Å². The summed E-state index contributed by atoms with van der Waals surface area (Å²) in [5.74, 6) is -5.47. The smallest absolute Gasteiger partial charge is 0.311 e. The number of hydrogen-bond donors (Lipinski definition) is 2. The van der Waals surface area contributed by atoms with E-state index in [2.05, 4.69) is 6.92 Å². The number of aliphatic carboxylic acids is 3. The topological polar surface area (TPSA) is 115 Å². The van der Waals surface area contributed by atoms with Gasteiger partial charge in [-0.15, -0.1) is 0 Å². The fourth-order valence-corrected chi connectivity index (χ4v) is 5.74. The number of nitrogens with zero attached hydrogens (tertiary/aromatic N) is 1. The minimum absolute atomic E-state index is 0.00905. The van der Waals surface area contributed by atoms with Crippen LogP contribution in [0.15, 0.2) is 12.3 Å². The van der Waals surface area contributed by atoms with Crippen molar-refractivity contribution in [1.82, 2.24) is 0 Å². The minimum Gasteiger partial charge on any atom is -0.550 e. The number of carbonyl (C=O) groups is 3. The van der Waals surface area contributed by atoms with Crippen molar-refractivity contribution in [2.75, 3.05) is 19.6 Å². The average Bonchev–Trinajstić information content (AvgIpc) is 2.91. The van der Waals surface area contributed by atoms with Crippen LogP contribution < -0.4 is 5.11 Å². The number of hydrogen-bond acceptors (Lipinski definition) is 4. The SMILES string of the molecule is CCCCCCCCCCCCCCCCCCCC/C=C/[N+](CC(C)C(=O)[O-])(CC(C)C(=O)O)CC(C)C(=O)O. The van der Waals surface area contributed by atoms with E-state index in [4.69, 9.17) is 0 Å². The molecule has 0 aromatic heterocycles. The second kappa shape index (κ2) is 24.7. The van der Waals surface area contributed by atoms with E-state index in [-0.39, 0.29) is 24.1 Å². The Morgan fingerprint density at radius 2 is 0.902 bits per heavy atom. The number of carbonyl (C=O) groups excluding carboxylic acids is 1. The number of carboxylic acid groups (broad SMARTS) is 3. The third-order valence-corrected chi connectivity index (χ3v) is 8.30.